The first-order valence-corrected chi connectivity index (χ1v) is 26.3. The Morgan fingerprint density at radius 2 is 1.81 bits per heavy atom. The zero-order chi connectivity index (χ0) is 47.9. The number of aromatic hydroxyl groups is 2. The Kier molecular flexibility index (Phi) is 16.2. The van der Waals surface area contributed by atoms with Crippen molar-refractivity contribution in [1.29, 1.82) is 0 Å². The molecule has 4 saturated carbocycles. The van der Waals surface area contributed by atoms with Crippen LogP contribution in [0.1, 0.15) is 141 Å². The second-order valence-corrected chi connectivity index (χ2v) is 21.4. The fraction of sp³-hybridized carbons (Fsp3) is 0.649. The maximum Gasteiger partial charge on any atom is 0.207 e. The van der Waals surface area contributed by atoms with E-state index in [1.807, 2.05) is 25.3 Å². The lowest BCUT2D eigenvalue weighted by Crippen LogP contribution is -2.50. The molecule has 0 radical (unpaired) electrons. The highest BCUT2D eigenvalue weighted by Gasteiger charge is 2.57. The number of rotatable bonds is 16. The van der Waals surface area contributed by atoms with E-state index in [2.05, 4.69) is 77.1 Å². The molecule has 11 heteroatoms. The highest BCUT2D eigenvalue weighted by Crippen LogP contribution is 2.64. The normalized spacial score (nSPS) is 33.1. The van der Waals surface area contributed by atoms with Crippen molar-refractivity contribution in [3.8, 4) is 35.0 Å². The Labute approximate surface area is 406 Å². The van der Waals surface area contributed by atoms with Gasteiger partial charge < -0.3 is 40.2 Å². The Morgan fingerprint density at radius 1 is 0.971 bits per heavy atom. The molecule has 0 saturated heterocycles. The van der Waals surface area contributed by atoms with Gasteiger partial charge in [-0.05, 0) is 167 Å². The Balaban J connectivity index is 1.21. The number of ether oxygens (including phenoxy) is 3. The smallest absolute Gasteiger partial charge is 0.207 e. The number of hydrogen-bond acceptors (Lipinski definition) is 9. The average Bonchev–Trinajstić information content (AvgIpc) is 4.07. The molecule has 6 aliphatic rings. The van der Waals surface area contributed by atoms with Gasteiger partial charge in [-0.15, -0.1) is 0 Å². The highest BCUT2D eigenvalue weighted by atomic mass is 16.6. The molecule has 8 rings (SSSR count). The van der Waals surface area contributed by atoms with Gasteiger partial charge in [-0.2, -0.15) is 0 Å². The standard InChI is InChI=1S/C57H80N4O7/c1-6-8-9-10-28-67-52(64)31-40-23-26-55(35-40,37-58-3)68-50-34-44-33-47(53(50)65)61-54(59-4)60-27-13-16-42-14-11-24-56(42,36-39-18-21-48(62)49(30-39)66-5)51(63)22-20-46-45-29-38(7-2)17-19-41(45)32-43-15-12-25-57(43,44)46/h17-22,30,33-34,38,40-43,45-46,52,58,62,64-65H,6-12,14-16,23-26,28-29,31-32,35-37H2,1-5H3,(H2,59,60,61). The molecule has 0 amide bonds. The topological polar surface area (TPSA) is 154 Å². The van der Waals surface area contributed by atoms with Crippen LogP contribution in [0, 0.1) is 58.8 Å². The number of unbranched alkanes of at least 4 members (excludes halogenated alkanes) is 3. The summed E-state index contributed by atoms with van der Waals surface area (Å²) in [5, 5.41) is 44.0. The Hall–Kier alpha value is -4.50. The molecule has 1 spiro atoms. The number of benzene rings is 2. The molecular weight excluding hydrogens is 853 g/mol. The number of aliphatic imine (C=N–C) groups is 1. The summed E-state index contributed by atoms with van der Waals surface area (Å²) in [6, 6.07) is 12.9. The van der Waals surface area contributed by atoms with Gasteiger partial charge in [-0.25, -0.2) is 0 Å². The van der Waals surface area contributed by atoms with E-state index in [1.165, 1.54) is 6.42 Å². The molecular formula is C57H80N4O7. The zero-order valence-electron chi connectivity index (χ0n) is 41.6. The number of anilines is 1. The maximum absolute atomic E-state index is 15.5. The van der Waals surface area contributed by atoms with E-state index >= 15 is 4.79 Å². The first-order chi connectivity index (χ1) is 33.0. The summed E-state index contributed by atoms with van der Waals surface area (Å²) in [6.07, 6.45) is 25.8. The van der Waals surface area contributed by atoms with Crippen LogP contribution in [0.5, 0.6) is 23.0 Å². The number of carbonyl (C=O) groups excluding carboxylic acids is 1. The minimum Gasteiger partial charge on any atom is -0.504 e. The van der Waals surface area contributed by atoms with Gasteiger partial charge in [0.1, 0.15) is 5.60 Å². The SMILES string of the molecule is CCCCCCOC(O)CC1CCC(CNC)(Oc2cc3cc(c2O)NC(=NC)NC#CCC2CCCC2(Cc2ccc(O)c(OC)c2)C(=O)C=CC2C4CC(CC)C=CC4CC4CCCC342)C1. The van der Waals surface area contributed by atoms with Gasteiger partial charge in [-0.3, -0.25) is 15.1 Å². The molecule has 6 N–H and O–H groups in total. The molecule has 2 aromatic carbocycles. The van der Waals surface area contributed by atoms with Crippen molar-refractivity contribution in [1.82, 2.24) is 10.6 Å². The van der Waals surface area contributed by atoms with Crippen molar-refractivity contribution in [3.63, 3.8) is 0 Å². The minimum absolute atomic E-state index is 0.0222. The number of allylic oxidation sites excluding steroid dienone is 4. The van der Waals surface area contributed by atoms with Crippen LogP contribution in [0.4, 0.5) is 5.69 Å². The van der Waals surface area contributed by atoms with E-state index in [4.69, 9.17) is 14.2 Å². The molecule has 4 fully saturated rings. The van der Waals surface area contributed by atoms with Crippen LogP contribution in [0.2, 0.25) is 0 Å². The maximum atomic E-state index is 15.5. The van der Waals surface area contributed by atoms with Crippen molar-refractivity contribution < 1.29 is 34.3 Å². The van der Waals surface area contributed by atoms with E-state index in [9.17, 15) is 15.3 Å². The summed E-state index contributed by atoms with van der Waals surface area (Å²) in [5.41, 5.74) is 0.971. The first-order valence-electron chi connectivity index (χ1n) is 26.3. The van der Waals surface area contributed by atoms with Crippen molar-refractivity contribution in [2.24, 2.45) is 51.8 Å². The molecule has 5 aliphatic carbocycles. The number of methoxy groups -OCH3 is 1. The number of fused-ring (bicyclic) bond motifs is 5. The van der Waals surface area contributed by atoms with E-state index in [-0.39, 0.29) is 40.5 Å². The number of nitrogens with zero attached hydrogens (tertiary/aromatic N) is 1. The second kappa shape index (κ2) is 22.1. The third-order valence-corrected chi connectivity index (χ3v) is 17.5. The van der Waals surface area contributed by atoms with Gasteiger partial charge in [0.05, 0.1) is 12.8 Å². The number of hydrogen-bond donors (Lipinski definition) is 6. The molecule has 11 unspecified atom stereocenters. The molecule has 2 bridgehead atoms. The third-order valence-electron chi connectivity index (χ3n) is 17.5. The van der Waals surface area contributed by atoms with E-state index in [1.54, 1.807) is 20.2 Å². The number of aliphatic hydroxyl groups excluding tert-OH is 1. The molecule has 11 atom stereocenters. The number of phenolic OH excluding ortho intramolecular Hbond substituents is 2. The molecule has 0 aromatic heterocycles. The number of carbonyl (C=O) groups is 1. The second-order valence-electron chi connectivity index (χ2n) is 21.4. The summed E-state index contributed by atoms with van der Waals surface area (Å²) in [7, 11) is 5.21. The fourth-order valence-corrected chi connectivity index (χ4v) is 14.1. The minimum atomic E-state index is -0.819. The number of guanidine groups is 1. The predicted octanol–water partition coefficient (Wildman–Crippen LogP) is 10.3. The van der Waals surface area contributed by atoms with E-state index in [0.29, 0.717) is 85.7 Å². The molecule has 68 heavy (non-hydrogen) atoms. The quantitative estimate of drug-likeness (QED) is 0.0315. The lowest BCUT2D eigenvalue weighted by Gasteiger charge is -2.54. The molecule has 1 aliphatic heterocycles. The largest absolute Gasteiger partial charge is 0.504 e. The predicted molar refractivity (Wildman–Crippen MR) is 270 cm³/mol. The van der Waals surface area contributed by atoms with Crippen LogP contribution in [0.15, 0.2) is 59.6 Å². The number of aliphatic hydroxyl groups is 1. The van der Waals surface area contributed by atoms with Gasteiger partial charge in [0.2, 0.25) is 5.96 Å². The summed E-state index contributed by atoms with van der Waals surface area (Å²) in [6.45, 7) is 5.62. The third kappa shape index (κ3) is 10.3. The summed E-state index contributed by atoms with van der Waals surface area (Å²) in [5.74, 6) is 6.73. The van der Waals surface area contributed by atoms with Crippen LogP contribution >= 0.6 is 0 Å². The van der Waals surface area contributed by atoms with Crippen LogP contribution in [-0.2, 0) is 21.4 Å². The first kappa shape index (κ1) is 49.9. The van der Waals surface area contributed by atoms with Crippen LogP contribution in [0.25, 0.3) is 0 Å². The van der Waals surface area contributed by atoms with Gasteiger partial charge in [0.25, 0.3) is 0 Å². The van der Waals surface area contributed by atoms with Gasteiger partial charge in [0, 0.05) is 49.9 Å². The summed E-state index contributed by atoms with van der Waals surface area (Å²) >= 11 is 0. The average molecular weight is 933 g/mol. The highest BCUT2D eigenvalue weighted by molar-refractivity contribution is 5.97. The molecule has 11 nitrogen and oxygen atoms in total. The van der Waals surface area contributed by atoms with E-state index < -0.39 is 17.3 Å². The van der Waals surface area contributed by atoms with Crippen LogP contribution in [-0.4, -0.2) is 73.3 Å². The molecule has 1 heterocycles. The number of likely N-dealkylation sites (N-methyl/N-ethyl adjacent to an activating group) is 1. The number of ketones is 1. The van der Waals surface area contributed by atoms with Crippen molar-refractivity contribution in [3.05, 3.63) is 65.8 Å². The Bertz CT molecular complexity index is 2230. The molecule has 370 valence electrons. The Morgan fingerprint density at radius 3 is 2.60 bits per heavy atom. The van der Waals surface area contributed by atoms with Gasteiger partial charge >= 0.3 is 0 Å². The van der Waals surface area contributed by atoms with Gasteiger partial charge in [0.15, 0.2) is 35.1 Å². The summed E-state index contributed by atoms with van der Waals surface area (Å²) < 4.78 is 18.7. The van der Waals surface area contributed by atoms with Crippen molar-refractivity contribution >= 4 is 17.4 Å². The van der Waals surface area contributed by atoms with Crippen molar-refractivity contribution in [2.75, 3.05) is 39.7 Å². The summed E-state index contributed by atoms with van der Waals surface area (Å²) in [4.78, 5) is 20.0. The van der Waals surface area contributed by atoms with Gasteiger partial charge in [-0.1, -0.05) is 76.2 Å². The molecule has 2 aromatic rings. The van der Waals surface area contributed by atoms with E-state index in [0.717, 1.165) is 101 Å². The number of phenols is 2. The fourth-order valence-electron chi connectivity index (χ4n) is 14.1. The van der Waals surface area contributed by atoms with Crippen molar-refractivity contribution in [2.45, 2.75) is 153 Å². The lowest BCUT2D eigenvalue weighted by molar-refractivity contribution is -0.125. The van der Waals surface area contributed by atoms with Crippen LogP contribution < -0.4 is 25.4 Å². The van der Waals surface area contributed by atoms with Crippen LogP contribution in [0.3, 0.4) is 0 Å². The zero-order valence-corrected chi connectivity index (χ0v) is 41.6. The number of nitrogens with one attached hydrogen (secondary N) is 3. The lowest BCUT2D eigenvalue weighted by atomic mass is 9.50. The monoisotopic (exact) mass is 933 g/mol.